The molecule has 1 heterocycles. The molecule has 0 spiro atoms. The van der Waals surface area contributed by atoms with E-state index in [0.29, 0.717) is 23.8 Å². The molecule has 1 amide bonds. The summed E-state index contributed by atoms with van der Waals surface area (Å²) in [6.45, 7) is 0.649. The summed E-state index contributed by atoms with van der Waals surface area (Å²) in [5.41, 5.74) is 5.48. The summed E-state index contributed by atoms with van der Waals surface area (Å²) in [5, 5.41) is 4.44. The van der Waals surface area contributed by atoms with Crippen LogP contribution in [0.3, 0.4) is 0 Å². The summed E-state index contributed by atoms with van der Waals surface area (Å²) >= 11 is 5.74. The zero-order valence-corrected chi connectivity index (χ0v) is 9.66. The van der Waals surface area contributed by atoms with Crippen LogP contribution in [0.5, 0.6) is 0 Å². The van der Waals surface area contributed by atoms with Crippen LogP contribution in [0.25, 0.3) is 0 Å². The highest BCUT2D eigenvalue weighted by atomic mass is 35.5. The zero-order valence-electron chi connectivity index (χ0n) is 8.90. The molecule has 5 nitrogen and oxygen atoms in total. The normalized spacial score (nSPS) is 10.3. The highest BCUT2D eigenvalue weighted by Crippen LogP contribution is 2.15. The second-order valence-corrected chi connectivity index (χ2v) is 3.92. The lowest BCUT2D eigenvalue weighted by Crippen LogP contribution is -2.21. The minimum atomic E-state index is 0.112. The fraction of sp³-hybridized carbons (Fsp3) is 0.556. The first kappa shape index (κ1) is 11.8. The van der Waals surface area contributed by atoms with Crippen LogP contribution in [0, 0.1) is 0 Å². The number of carbonyl (C=O) groups excluding carboxylic acids is 1. The van der Waals surface area contributed by atoms with Gasteiger partial charge in [-0.1, -0.05) is 11.6 Å². The summed E-state index contributed by atoms with van der Waals surface area (Å²) in [4.78, 5) is 12.8. The van der Waals surface area contributed by atoms with Gasteiger partial charge >= 0.3 is 0 Å². The SMILES string of the molecule is CN(C)C(=O)CCCn1cc(Cl)c(N)n1. The Morgan fingerprint density at radius 3 is 2.80 bits per heavy atom. The third kappa shape index (κ3) is 3.43. The van der Waals surface area contributed by atoms with E-state index in [1.54, 1.807) is 29.9 Å². The molecular weight excluding hydrogens is 216 g/mol. The molecule has 6 heteroatoms. The lowest BCUT2D eigenvalue weighted by atomic mass is 10.3. The second kappa shape index (κ2) is 5.02. The molecule has 0 aliphatic heterocycles. The average Bonchev–Trinajstić information content (AvgIpc) is 2.46. The summed E-state index contributed by atoms with van der Waals surface area (Å²) in [7, 11) is 3.48. The number of nitrogen functional groups attached to an aromatic ring is 1. The molecule has 84 valence electrons. The summed E-state index contributed by atoms with van der Waals surface area (Å²) in [5.74, 6) is 0.442. The van der Waals surface area contributed by atoms with Crippen molar-refractivity contribution in [2.24, 2.45) is 0 Å². The van der Waals surface area contributed by atoms with Crippen molar-refractivity contribution in [2.45, 2.75) is 19.4 Å². The fourth-order valence-electron chi connectivity index (χ4n) is 1.14. The first-order chi connectivity index (χ1) is 7.00. The van der Waals surface area contributed by atoms with Crippen LogP contribution in [-0.2, 0) is 11.3 Å². The maximum absolute atomic E-state index is 11.3. The number of hydrogen-bond donors (Lipinski definition) is 1. The third-order valence-electron chi connectivity index (χ3n) is 2.02. The number of nitrogens with two attached hydrogens (primary N) is 1. The molecule has 1 aromatic rings. The molecule has 0 aliphatic rings. The Balaban J connectivity index is 2.35. The van der Waals surface area contributed by atoms with Crippen molar-refractivity contribution in [1.29, 1.82) is 0 Å². The molecule has 0 fully saturated rings. The third-order valence-corrected chi connectivity index (χ3v) is 2.31. The molecule has 0 saturated carbocycles. The fourth-order valence-corrected chi connectivity index (χ4v) is 1.29. The van der Waals surface area contributed by atoms with Crippen LogP contribution >= 0.6 is 11.6 Å². The molecule has 0 aliphatic carbocycles. The van der Waals surface area contributed by atoms with Crippen LogP contribution in [-0.4, -0.2) is 34.7 Å². The van der Waals surface area contributed by atoms with Gasteiger partial charge in [-0.15, -0.1) is 0 Å². The van der Waals surface area contributed by atoms with E-state index < -0.39 is 0 Å². The Kier molecular flexibility index (Phi) is 3.96. The highest BCUT2D eigenvalue weighted by molar-refractivity contribution is 6.32. The van der Waals surface area contributed by atoms with Crippen molar-refractivity contribution in [3.8, 4) is 0 Å². The smallest absolute Gasteiger partial charge is 0.222 e. The van der Waals surface area contributed by atoms with Gasteiger partial charge in [0.25, 0.3) is 0 Å². The van der Waals surface area contributed by atoms with Gasteiger partial charge in [-0.25, -0.2) is 0 Å². The standard InChI is InChI=1S/C9H15ClN4O/c1-13(2)8(15)4-3-5-14-6-7(10)9(11)12-14/h6H,3-5H2,1-2H3,(H2,11,12). The van der Waals surface area contributed by atoms with Crippen LogP contribution < -0.4 is 5.73 Å². The van der Waals surface area contributed by atoms with Gasteiger partial charge in [0, 0.05) is 33.3 Å². The number of carbonyl (C=O) groups is 1. The van der Waals surface area contributed by atoms with Crippen molar-refractivity contribution < 1.29 is 4.79 Å². The highest BCUT2D eigenvalue weighted by Gasteiger charge is 2.05. The number of hydrogen-bond acceptors (Lipinski definition) is 3. The minimum absolute atomic E-state index is 0.112. The average molecular weight is 231 g/mol. The Hall–Kier alpha value is -1.23. The van der Waals surface area contributed by atoms with Gasteiger partial charge in [-0.2, -0.15) is 5.10 Å². The van der Waals surface area contributed by atoms with E-state index in [0.717, 1.165) is 6.42 Å². The number of aromatic nitrogens is 2. The number of nitrogens with zero attached hydrogens (tertiary/aromatic N) is 3. The molecule has 1 aromatic heterocycles. The topological polar surface area (TPSA) is 64.2 Å². The van der Waals surface area contributed by atoms with Crippen molar-refractivity contribution >= 4 is 23.3 Å². The van der Waals surface area contributed by atoms with Crippen LogP contribution in [0.4, 0.5) is 5.82 Å². The first-order valence-corrected chi connectivity index (χ1v) is 5.07. The molecule has 0 radical (unpaired) electrons. The largest absolute Gasteiger partial charge is 0.381 e. The molecule has 0 saturated heterocycles. The van der Waals surface area contributed by atoms with Crippen LogP contribution in [0.15, 0.2) is 6.20 Å². The van der Waals surface area contributed by atoms with Crippen molar-refractivity contribution in [3.05, 3.63) is 11.2 Å². The van der Waals surface area contributed by atoms with Crippen LogP contribution in [0.1, 0.15) is 12.8 Å². The zero-order chi connectivity index (χ0) is 11.4. The van der Waals surface area contributed by atoms with Crippen LogP contribution in [0.2, 0.25) is 5.02 Å². The summed E-state index contributed by atoms with van der Waals surface area (Å²) in [6.07, 6.45) is 2.90. The molecule has 0 aromatic carbocycles. The molecule has 0 atom stereocenters. The number of anilines is 1. The number of rotatable bonds is 4. The van der Waals surface area contributed by atoms with E-state index in [4.69, 9.17) is 17.3 Å². The number of halogens is 1. The van der Waals surface area contributed by atoms with E-state index in [1.165, 1.54) is 0 Å². The Bertz CT molecular complexity index is 328. The quantitative estimate of drug-likeness (QED) is 0.839. The molecule has 0 unspecified atom stereocenters. The van der Waals surface area contributed by atoms with Gasteiger partial charge in [-0.3, -0.25) is 9.48 Å². The van der Waals surface area contributed by atoms with Gasteiger partial charge in [0.2, 0.25) is 5.91 Å². The monoisotopic (exact) mass is 230 g/mol. The summed E-state index contributed by atoms with van der Waals surface area (Å²) in [6, 6.07) is 0. The summed E-state index contributed by atoms with van der Waals surface area (Å²) < 4.78 is 1.65. The molecule has 15 heavy (non-hydrogen) atoms. The Morgan fingerprint density at radius 1 is 1.67 bits per heavy atom. The lowest BCUT2D eigenvalue weighted by molar-refractivity contribution is -0.128. The first-order valence-electron chi connectivity index (χ1n) is 4.69. The van der Waals surface area contributed by atoms with Crippen molar-refractivity contribution in [1.82, 2.24) is 14.7 Å². The van der Waals surface area contributed by atoms with Gasteiger partial charge in [-0.05, 0) is 6.42 Å². The van der Waals surface area contributed by atoms with E-state index in [2.05, 4.69) is 5.10 Å². The number of amides is 1. The van der Waals surface area contributed by atoms with Crippen molar-refractivity contribution in [3.63, 3.8) is 0 Å². The van der Waals surface area contributed by atoms with E-state index in [1.807, 2.05) is 0 Å². The van der Waals surface area contributed by atoms with Gasteiger partial charge in [0.15, 0.2) is 5.82 Å². The van der Waals surface area contributed by atoms with E-state index in [-0.39, 0.29) is 5.91 Å². The second-order valence-electron chi connectivity index (χ2n) is 3.52. The van der Waals surface area contributed by atoms with E-state index in [9.17, 15) is 4.79 Å². The molecular formula is C9H15ClN4O. The van der Waals surface area contributed by atoms with Gasteiger partial charge < -0.3 is 10.6 Å². The van der Waals surface area contributed by atoms with Crippen molar-refractivity contribution in [2.75, 3.05) is 19.8 Å². The lowest BCUT2D eigenvalue weighted by Gasteiger charge is -2.09. The maximum Gasteiger partial charge on any atom is 0.222 e. The number of aryl methyl sites for hydroxylation is 1. The molecule has 0 bridgehead atoms. The minimum Gasteiger partial charge on any atom is -0.381 e. The predicted octanol–water partition coefficient (Wildman–Crippen LogP) is 0.987. The van der Waals surface area contributed by atoms with Gasteiger partial charge in [0.05, 0.1) is 0 Å². The Morgan fingerprint density at radius 2 is 2.33 bits per heavy atom. The molecule has 1 rings (SSSR count). The van der Waals surface area contributed by atoms with Gasteiger partial charge in [0.1, 0.15) is 5.02 Å². The Labute approximate surface area is 93.8 Å². The maximum atomic E-state index is 11.3. The predicted molar refractivity (Wildman–Crippen MR) is 59.6 cm³/mol. The van der Waals surface area contributed by atoms with E-state index >= 15 is 0 Å². The molecule has 2 N–H and O–H groups in total.